The van der Waals surface area contributed by atoms with Crippen molar-refractivity contribution >= 4 is 11.9 Å². The van der Waals surface area contributed by atoms with Crippen molar-refractivity contribution in [3.63, 3.8) is 0 Å². The molecular weight excluding hydrogens is 270 g/mol. The van der Waals surface area contributed by atoms with E-state index >= 15 is 0 Å². The summed E-state index contributed by atoms with van der Waals surface area (Å²) in [5.74, 6) is -0.639. The maximum atomic E-state index is 11.6. The average Bonchev–Trinajstić information content (AvgIpc) is 2.52. The Morgan fingerprint density at radius 1 is 0.952 bits per heavy atom. The molecule has 5 nitrogen and oxygen atoms in total. The number of rotatable bonds is 6. The molecule has 0 aromatic heterocycles. The fourth-order valence-electron chi connectivity index (χ4n) is 1.65. The van der Waals surface area contributed by atoms with E-state index in [-0.39, 0.29) is 0 Å². The summed E-state index contributed by atoms with van der Waals surface area (Å²) in [5, 5.41) is 0. The van der Waals surface area contributed by atoms with E-state index in [9.17, 15) is 9.59 Å². The lowest BCUT2D eigenvalue weighted by atomic mass is 10.2. The fraction of sp³-hybridized carbons (Fsp3) is 0.125. The van der Waals surface area contributed by atoms with E-state index in [1.54, 1.807) is 24.3 Å². The van der Waals surface area contributed by atoms with Gasteiger partial charge in [0, 0.05) is 0 Å². The van der Waals surface area contributed by atoms with Crippen molar-refractivity contribution in [3.05, 3.63) is 65.7 Å². The van der Waals surface area contributed by atoms with Gasteiger partial charge in [-0.25, -0.2) is 4.79 Å². The number of carbonyl (C=O) groups is 2. The van der Waals surface area contributed by atoms with Crippen LogP contribution in [0.2, 0.25) is 0 Å². The zero-order valence-corrected chi connectivity index (χ0v) is 11.3. The summed E-state index contributed by atoms with van der Waals surface area (Å²) in [6.45, 7) is 0.0252. The molecule has 2 aromatic rings. The Balaban J connectivity index is 1.89. The topological polar surface area (TPSA) is 78.6 Å². The summed E-state index contributed by atoms with van der Waals surface area (Å²) in [7, 11) is 0. The maximum Gasteiger partial charge on any atom is 0.338 e. The lowest BCUT2D eigenvalue weighted by Gasteiger charge is -2.07. The third kappa shape index (κ3) is 4.65. The minimum atomic E-state index is -0.689. The molecule has 21 heavy (non-hydrogen) atoms. The van der Waals surface area contributed by atoms with Gasteiger partial charge in [-0.2, -0.15) is 0 Å². The molecule has 0 saturated carbocycles. The van der Waals surface area contributed by atoms with Crippen LogP contribution in [0.25, 0.3) is 0 Å². The van der Waals surface area contributed by atoms with Crippen LogP contribution in [0, 0.1) is 0 Å². The first-order chi connectivity index (χ1) is 10.1. The van der Waals surface area contributed by atoms with Crippen LogP contribution in [0.5, 0.6) is 5.75 Å². The van der Waals surface area contributed by atoms with E-state index in [4.69, 9.17) is 15.2 Å². The quantitative estimate of drug-likeness (QED) is 0.822. The Kier molecular flexibility index (Phi) is 4.93. The number of primary amides is 1. The van der Waals surface area contributed by atoms with Crippen molar-refractivity contribution in [2.75, 3.05) is 6.61 Å². The van der Waals surface area contributed by atoms with E-state index in [1.807, 2.05) is 30.3 Å². The molecule has 2 N–H and O–H groups in total. The average molecular weight is 285 g/mol. The highest BCUT2D eigenvalue weighted by molar-refractivity contribution is 5.91. The minimum Gasteiger partial charge on any atom is -0.489 e. The van der Waals surface area contributed by atoms with Gasteiger partial charge in [0.15, 0.2) is 6.61 Å². The second-order valence-electron chi connectivity index (χ2n) is 4.34. The molecule has 0 saturated heterocycles. The predicted molar refractivity (Wildman–Crippen MR) is 76.7 cm³/mol. The van der Waals surface area contributed by atoms with Gasteiger partial charge in [0.2, 0.25) is 0 Å². The van der Waals surface area contributed by atoms with Gasteiger partial charge in [0.1, 0.15) is 12.4 Å². The summed E-state index contributed by atoms with van der Waals surface area (Å²) in [5.41, 5.74) is 6.30. The Morgan fingerprint density at radius 2 is 1.62 bits per heavy atom. The lowest BCUT2D eigenvalue weighted by molar-refractivity contribution is -0.121. The van der Waals surface area contributed by atoms with Gasteiger partial charge in [-0.05, 0) is 29.8 Å². The monoisotopic (exact) mass is 285 g/mol. The molecule has 0 fully saturated rings. The summed E-state index contributed by atoms with van der Waals surface area (Å²) < 4.78 is 10.3. The number of nitrogens with two attached hydrogens (primary N) is 1. The van der Waals surface area contributed by atoms with E-state index < -0.39 is 18.5 Å². The Bertz CT molecular complexity index is 608. The molecule has 1 amide bonds. The highest BCUT2D eigenvalue weighted by Crippen LogP contribution is 2.14. The number of ether oxygens (including phenoxy) is 2. The maximum absolute atomic E-state index is 11.6. The van der Waals surface area contributed by atoms with Gasteiger partial charge in [-0.3, -0.25) is 4.79 Å². The summed E-state index contributed by atoms with van der Waals surface area (Å²) in [4.78, 5) is 22.1. The Labute approximate surface area is 122 Å². The molecule has 2 rings (SSSR count). The van der Waals surface area contributed by atoms with Crippen LogP contribution < -0.4 is 10.5 Å². The van der Waals surface area contributed by atoms with Gasteiger partial charge in [-0.1, -0.05) is 30.3 Å². The van der Waals surface area contributed by atoms with E-state index in [1.165, 1.54) is 0 Å². The first kappa shape index (κ1) is 14.6. The van der Waals surface area contributed by atoms with Crippen molar-refractivity contribution in [2.24, 2.45) is 5.73 Å². The molecule has 0 atom stereocenters. The third-order valence-electron chi connectivity index (χ3n) is 2.68. The number of esters is 1. The van der Waals surface area contributed by atoms with Gasteiger partial charge < -0.3 is 15.2 Å². The summed E-state index contributed by atoms with van der Waals surface area (Å²) >= 11 is 0. The van der Waals surface area contributed by atoms with Crippen LogP contribution >= 0.6 is 0 Å². The lowest BCUT2D eigenvalue weighted by Crippen LogP contribution is -2.20. The first-order valence-corrected chi connectivity index (χ1v) is 6.37. The van der Waals surface area contributed by atoms with Gasteiger partial charge in [-0.15, -0.1) is 0 Å². The largest absolute Gasteiger partial charge is 0.489 e. The molecule has 0 aliphatic heterocycles. The SMILES string of the molecule is NC(=O)COC(=O)c1ccc(OCc2ccccc2)cc1. The molecule has 108 valence electrons. The standard InChI is InChI=1S/C16H15NO4/c17-15(18)11-21-16(19)13-6-8-14(9-7-13)20-10-12-4-2-1-3-5-12/h1-9H,10-11H2,(H2,17,18). The van der Waals surface area contributed by atoms with Crippen LogP contribution in [0.3, 0.4) is 0 Å². The number of hydrogen-bond donors (Lipinski definition) is 1. The highest BCUT2D eigenvalue weighted by atomic mass is 16.5. The third-order valence-corrected chi connectivity index (χ3v) is 2.68. The zero-order valence-electron chi connectivity index (χ0n) is 11.3. The van der Waals surface area contributed by atoms with Crippen molar-refractivity contribution in [3.8, 4) is 5.75 Å². The fourth-order valence-corrected chi connectivity index (χ4v) is 1.65. The Hall–Kier alpha value is -2.82. The molecule has 0 heterocycles. The summed E-state index contributed by atoms with van der Waals surface area (Å²) in [6.07, 6.45) is 0. The van der Waals surface area contributed by atoms with Crippen LogP contribution in [-0.4, -0.2) is 18.5 Å². The second-order valence-corrected chi connectivity index (χ2v) is 4.34. The second kappa shape index (κ2) is 7.09. The molecule has 0 radical (unpaired) electrons. The predicted octanol–water partition coefficient (Wildman–Crippen LogP) is 1.91. The normalized spacial score (nSPS) is 9.90. The zero-order chi connectivity index (χ0) is 15.1. The van der Waals surface area contributed by atoms with E-state index in [0.29, 0.717) is 17.9 Å². The summed E-state index contributed by atoms with van der Waals surface area (Å²) in [6, 6.07) is 16.2. The highest BCUT2D eigenvalue weighted by Gasteiger charge is 2.08. The smallest absolute Gasteiger partial charge is 0.338 e. The molecule has 0 bridgehead atoms. The minimum absolute atomic E-state index is 0.336. The number of amides is 1. The first-order valence-electron chi connectivity index (χ1n) is 6.37. The van der Waals surface area contributed by atoms with Gasteiger partial charge in [0.25, 0.3) is 5.91 Å². The van der Waals surface area contributed by atoms with Crippen LogP contribution in [-0.2, 0) is 16.1 Å². The molecule has 0 aliphatic carbocycles. The van der Waals surface area contributed by atoms with Gasteiger partial charge >= 0.3 is 5.97 Å². The molecule has 0 aliphatic rings. The van der Waals surface area contributed by atoms with Crippen molar-refractivity contribution in [1.29, 1.82) is 0 Å². The molecule has 0 spiro atoms. The van der Waals surface area contributed by atoms with Crippen molar-refractivity contribution < 1.29 is 19.1 Å². The van der Waals surface area contributed by atoms with Crippen molar-refractivity contribution in [2.45, 2.75) is 6.61 Å². The number of carbonyl (C=O) groups excluding carboxylic acids is 2. The molecule has 5 heteroatoms. The number of hydrogen-bond acceptors (Lipinski definition) is 4. The number of benzene rings is 2. The van der Waals surface area contributed by atoms with Gasteiger partial charge in [0.05, 0.1) is 5.56 Å². The van der Waals surface area contributed by atoms with Crippen molar-refractivity contribution in [1.82, 2.24) is 0 Å². The van der Waals surface area contributed by atoms with E-state index in [2.05, 4.69) is 0 Å². The molecular formula is C16H15NO4. The van der Waals surface area contributed by atoms with Crippen LogP contribution in [0.4, 0.5) is 0 Å². The molecule has 0 unspecified atom stereocenters. The van der Waals surface area contributed by atoms with Crippen LogP contribution in [0.15, 0.2) is 54.6 Å². The molecule has 2 aromatic carbocycles. The van der Waals surface area contributed by atoms with Crippen LogP contribution in [0.1, 0.15) is 15.9 Å². The Morgan fingerprint density at radius 3 is 2.24 bits per heavy atom. The van der Waals surface area contributed by atoms with E-state index in [0.717, 1.165) is 5.56 Å².